The van der Waals surface area contributed by atoms with Crippen LogP contribution in [0.2, 0.25) is 0 Å². The van der Waals surface area contributed by atoms with E-state index in [0.717, 1.165) is 13.1 Å². The third-order valence-electron chi connectivity index (χ3n) is 3.79. The summed E-state index contributed by atoms with van der Waals surface area (Å²) >= 11 is 0. The number of aliphatic carboxylic acids is 2. The highest BCUT2D eigenvalue weighted by Crippen LogP contribution is 2.26. The number of hydrogen-bond acceptors (Lipinski definition) is 4. The molecule has 0 aliphatic carbocycles. The molecule has 1 saturated heterocycles. The number of rotatable bonds is 7. The summed E-state index contributed by atoms with van der Waals surface area (Å²) in [5, 5.41) is 18.8. The van der Waals surface area contributed by atoms with E-state index in [1.165, 1.54) is 0 Å². The molecule has 0 bridgehead atoms. The van der Waals surface area contributed by atoms with Gasteiger partial charge >= 0.3 is 11.9 Å². The third kappa shape index (κ3) is 6.58. The number of nitrogens with zero attached hydrogens (tertiary/aromatic N) is 1. The minimum Gasteiger partial charge on any atom is -0.478 e. The highest BCUT2D eigenvalue weighted by Gasteiger charge is 2.23. The highest BCUT2D eigenvalue weighted by atomic mass is 16.5. The number of carboxylic acids is 2. The van der Waals surface area contributed by atoms with Crippen LogP contribution in [0.15, 0.2) is 11.1 Å². The summed E-state index contributed by atoms with van der Waals surface area (Å²) in [6, 6.07) is 0. The van der Waals surface area contributed by atoms with Gasteiger partial charge in [0.25, 0.3) is 0 Å². The zero-order valence-corrected chi connectivity index (χ0v) is 13.7. The summed E-state index contributed by atoms with van der Waals surface area (Å²) in [6.07, 6.45) is 1.17. The van der Waals surface area contributed by atoms with Gasteiger partial charge in [-0.1, -0.05) is 20.8 Å². The van der Waals surface area contributed by atoms with E-state index in [4.69, 9.17) is 4.74 Å². The summed E-state index contributed by atoms with van der Waals surface area (Å²) in [5.41, 5.74) is 0.0352. The van der Waals surface area contributed by atoms with E-state index in [2.05, 4.69) is 4.90 Å². The minimum absolute atomic E-state index is 0.0308. The third-order valence-corrected chi connectivity index (χ3v) is 3.79. The molecule has 0 spiro atoms. The van der Waals surface area contributed by atoms with Gasteiger partial charge < -0.3 is 14.9 Å². The summed E-state index contributed by atoms with van der Waals surface area (Å²) < 4.78 is 5.25. The first-order valence-corrected chi connectivity index (χ1v) is 7.69. The molecule has 6 heteroatoms. The van der Waals surface area contributed by atoms with Crippen molar-refractivity contribution in [2.45, 2.75) is 40.0 Å². The van der Waals surface area contributed by atoms with Crippen molar-refractivity contribution in [2.24, 2.45) is 5.41 Å². The molecule has 2 N–H and O–H groups in total. The lowest BCUT2D eigenvalue weighted by Crippen LogP contribution is -2.37. The Hall–Kier alpha value is -1.40. The first-order chi connectivity index (χ1) is 10.2. The van der Waals surface area contributed by atoms with Gasteiger partial charge in [-0.05, 0) is 24.7 Å². The van der Waals surface area contributed by atoms with Gasteiger partial charge in [0.15, 0.2) is 0 Å². The largest absolute Gasteiger partial charge is 0.478 e. The fraction of sp³-hybridized carbons (Fsp3) is 0.750. The number of morpholine rings is 1. The van der Waals surface area contributed by atoms with E-state index in [1.807, 2.05) is 20.8 Å². The zero-order valence-electron chi connectivity index (χ0n) is 13.7. The highest BCUT2D eigenvalue weighted by molar-refractivity contribution is 5.98. The van der Waals surface area contributed by atoms with Crippen molar-refractivity contribution in [3.63, 3.8) is 0 Å². The van der Waals surface area contributed by atoms with E-state index in [0.29, 0.717) is 26.2 Å². The van der Waals surface area contributed by atoms with Gasteiger partial charge in [-0.3, -0.25) is 4.90 Å². The van der Waals surface area contributed by atoms with E-state index in [9.17, 15) is 19.8 Å². The molecule has 6 nitrogen and oxygen atoms in total. The molecular weight excluding hydrogens is 286 g/mol. The maximum absolute atomic E-state index is 11.5. The normalized spacial score (nSPS) is 18.0. The van der Waals surface area contributed by atoms with Gasteiger partial charge in [0.1, 0.15) is 0 Å². The molecular formula is C16H27NO5. The summed E-state index contributed by atoms with van der Waals surface area (Å²) in [6.45, 7) is 9.40. The van der Waals surface area contributed by atoms with E-state index in [1.54, 1.807) is 0 Å². The van der Waals surface area contributed by atoms with Crippen molar-refractivity contribution in [3.05, 3.63) is 11.1 Å². The molecule has 1 aliphatic heterocycles. The molecule has 126 valence electrons. The minimum atomic E-state index is -1.13. The molecule has 0 aromatic heterocycles. The van der Waals surface area contributed by atoms with Gasteiger partial charge in [0.05, 0.1) is 13.2 Å². The van der Waals surface area contributed by atoms with Gasteiger partial charge in [-0.2, -0.15) is 0 Å². The monoisotopic (exact) mass is 313 g/mol. The molecule has 22 heavy (non-hydrogen) atoms. The molecule has 0 radical (unpaired) electrons. The zero-order chi connectivity index (χ0) is 16.8. The van der Waals surface area contributed by atoms with Crippen LogP contribution in [0.3, 0.4) is 0 Å². The van der Waals surface area contributed by atoms with Crippen molar-refractivity contribution < 1.29 is 24.5 Å². The first kappa shape index (κ1) is 18.6. The van der Waals surface area contributed by atoms with Crippen molar-refractivity contribution in [3.8, 4) is 0 Å². The quantitative estimate of drug-likeness (QED) is 0.699. The molecule has 1 aliphatic rings. The molecule has 1 rings (SSSR count). The molecule has 0 saturated carbocycles. The van der Waals surface area contributed by atoms with Gasteiger partial charge in [-0.25, -0.2) is 9.59 Å². The lowest BCUT2D eigenvalue weighted by Gasteiger charge is -2.26. The number of carboxylic acid groups (broad SMARTS) is 2. The maximum Gasteiger partial charge on any atom is 0.332 e. The Bertz CT molecular complexity index is 430. The summed E-state index contributed by atoms with van der Waals surface area (Å²) in [4.78, 5) is 25.0. The second-order valence-electron chi connectivity index (χ2n) is 6.83. The molecule has 1 fully saturated rings. The van der Waals surface area contributed by atoms with Crippen LogP contribution in [0, 0.1) is 5.41 Å². The summed E-state index contributed by atoms with van der Waals surface area (Å²) in [5.74, 6) is -2.25. The summed E-state index contributed by atoms with van der Waals surface area (Å²) in [7, 11) is 0. The smallest absolute Gasteiger partial charge is 0.332 e. The van der Waals surface area contributed by atoms with Crippen molar-refractivity contribution in [1.29, 1.82) is 0 Å². The topological polar surface area (TPSA) is 87.1 Å². The second-order valence-corrected chi connectivity index (χ2v) is 6.83. The number of carbonyl (C=O) groups is 2. The fourth-order valence-corrected chi connectivity index (χ4v) is 2.37. The lowest BCUT2D eigenvalue weighted by atomic mass is 9.87. The van der Waals surface area contributed by atoms with Crippen LogP contribution in [0.5, 0.6) is 0 Å². The number of ether oxygens (including phenoxy) is 1. The molecule has 0 amide bonds. The van der Waals surface area contributed by atoms with Crippen LogP contribution < -0.4 is 0 Å². The Labute approximate surface area is 131 Å². The van der Waals surface area contributed by atoms with Crippen LogP contribution in [-0.4, -0.2) is 59.9 Å². The SMILES string of the molecule is CC(C)(C)CCC(C(=O)O)=C(CCN1CCOCC1)C(=O)O. The average Bonchev–Trinajstić information content (AvgIpc) is 2.41. The molecule has 0 atom stereocenters. The van der Waals surface area contributed by atoms with Crippen molar-refractivity contribution in [1.82, 2.24) is 4.90 Å². The standard InChI is InChI=1S/C16H27NO5/c1-16(2,3)6-4-12(14(18)19)13(15(20)21)5-7-17-8-10-22-11-9-17/h4-11H2,1-3H3,(H,18,19)(H,20,21). The van der Waals surface area contributed by atoms with E-state index in [-0.39, 0.29) is 29.4 Å². The first-order valence-electron chi connectivity index (χ1n) is 7.69. The molecule has 0 aromatic rings. The Balaban J connectivity index is 2.80. The molecule has 0 unspecified atom stereocenters. The van der Waals surface area contributed by atoms with Crippen LogP contribution >= 0.6 is 0 Å². The molecule has 0 aromatic carbocycles. The average molecular weight is 313 g/mol. The maximum atomic E-state index is 11.5. The van der Waals surface area contributed by atoms with Crippen LogP contribution in [0.25, 0.3) is 0 Å². The Morgan fingerprint density at radius 2 is 1.50 bits per heavy atom. The lowest BCUT2D eigenvalue weighted by molar-refractivity contribution is -0.136. The predicted octanol–water partition coefficient (Wildman–Crippen LogP) is 2.00. The molecule has 1 heterocycles. The van der Waals surface area contributed by atoms with E-state index >= 15 is 0 Å². The van der Waals surface area contributed by atoms with Crippen molar-refractivity contribution in [2.75, 3.05) is 32.8 Å². The Morgan fingerprint density at radius 3 is 1.95 bits per heavy atom. The Morgan fingerprint density at radius 1 is 1.00 bits per heavy atom. The van der Waals surface area contributed by atoms with Gasteiger partial charge in [0.2, 0.25) is 0 Å². The second kappa shape index (κ2) is 8.29. The van der Waals surface area contributed by atoms with Gasteiger partial charge in [0, 0.05) is 30.8 Å². The number of hydrogen-bond donors (Lipinski definition) is 2. The predicted molar refractivity (Wildman–Crippen MR) is 82.9 cm³/mol. The van der Waals surface area contributed by atoms with Gasteiger partial charge in [-0.15, -0.1) is 0 Å². The van der Waals surface area contributed by atoms with Crippen LogP contribution in [-0.2, 0) is 14.3 Å². The fourth-order valence-electron chi connectivity index (χ4n) is 2.37. The van der Waals surface area contributed by atoms with Crippen molar-refractivity contribution >= 4 is 11.9 Å². The van der Waals surface area contributed by atoms with Crippen LogP contribution in [0.4, 0.5) is 0 Å². The van der Waals surface area contributed by atoms with E-state index < -0.39 is 11.9 Å². The Kier molecular flexibility index (Phi) is 7.03. The van der Waals surface area contributed by atoms with Crippen LogP contribution in [0.1, 0.15) is 40.0 Å².